The van der Waals surface area contributed by atoms with Gasteiger partial charge in [-0.1, -0.05) is 24.3 Å². The molecule has 1 heterocycles. The highest BCUT2D eigenvalue weighted by Gasteiger charge is 2.24. The minimum Gasteiger partial charge on any atom is -0.461 e. The van der Waals surface area contributed by atoms with E-state index >= 15 is 0 Å². The molecule has 4 rings (SSSR count). The first-order valence-corrected chi connectivity index (χ1v) is 10.1. The fourth-order valence-electron chi connectivity index (χ4n) is 3.70. The van der Waals surface area contributed by atoms with E-state index in [2.05, 4.69) is 25.1 Å². The number of nitrogens with zero attached hydrogens (tertiary/aromatic N) is 1. The topological polar surface area (TPSA) is 59.8 Å². The van der Waals surface area contributed by atoms with Gasteiger partial charge >= 0.3 is 5.97 Å². The molecule has 30 heavy (non-hydrogen) atoms. The van der Waals surface area contributed by atoms with Gasteiger partial charge in [0.05, 0.1) is 10.9 Å². The summed E-state index contributed by atoms with van der Waals surface area (Å²) < 4.78 is 11.4. The molecule has 0 N–H and O–H groups in total. The number of hydrogen-bond acceptors (Lipinski definition) is 5. The Morgan fingerprint density at radius 1 is 1.17 bits per heavy atom. The summed E-state index contributed by atoms with van der Waals surface area (Å²) in [6, 6.07) is 13.1. The normalized spacial score (nSPS) is 14.5. The molecule has 0 aliphatic heterocycles. The first kappa shape index (κ1) is 20.1. The Hall–Kier alpha value is -3.18. The molecule has 1 aliphatic rings. The van der Waals surface area contributed by atoms with Crippen LogP contribution in [0.1, 0.15) is 39.2 Å². The van der Waals surface area contributed by atoms with Crippen molar-refractivity contribution in [1.29, 1.82) is 0 Å². The van der Waals surface area contributed by atoms with Crippen molar-refractivity contribution in [3.63, 3.8) is 0 Å². The van der Waals surface area contributed by atoms with Crippen molar-refractivity contribution in [3.05, 3.63) is 80.7 Å². The molecule has 154 valence electrons. The van der Waals surface area contributed by atoms with Crippen molar-refractivity contribution in [1.82, 2.24) is 4.90 Å². The van der Waals surface area contributed by atoms with Crippen LogP contribution in [-0.2, 0) is 11.2 Å². The summed E-state index contributed by atoms with van der Waals surface area (Å²) in [5.74, 6) is 0.232. The Morgan fingerprint density at radius 2 is 1.97 bits per heavy atom. The number of carbonyl (C=O) groups excluding carboxylic acids is 1. The maximum atomic E-state index is 13.1. The van der Waals surface area contributed by atoms with Gasteiger partial charge in [0, 0.05) is 12.1 Å². The minimum atomic E-state index is -0.432. The molecule has 0 spiro atoms. The fourth-order valence-corrected chi connectivity index (χ4v) is 3.70. The van der Waals surface area contributed by atoms with Crippen LogP contribution in [-0.4, -0.2) is 38.1 Å². The predicted molar refractivity (Wildman–Crippen MR) is 119 cm³/mol. The molecule has 1 aromatic heterocycles. The minimum absolute atomic E-state index is 0.0672. The smallest absolute Gasteiger partial charge is 0.338 e. The van der Waals surface area contributed by atoms with E-state index in [0.717, 1.165) is 17.6 Å². The zero-order chi connectivity index (χ0) is 21.3. The van der Waals surface area contributed by atoms with Gasteiger partial charge in [-0.25, -0.2) is 4.79 Å². The summed E-state index contributed by atoms with van der Waals surface area (Å²) >= 11 is 0. The van der Waals surface area contributed by atoms with Gasteiger partial charge in [0.1, 0.15) is 18.0 Å². The number of hydrogen-bond donors (Lipinski definition) is 0. The highest BCUT2D eigenvalue weighted by atomic mass is 16.5. The van der Waals surface area contributed by atoms with Crippen LogP contribution in [0.25, 0.3) is 22.6 Å². The van der Waals surface area contributed by atoms with E-state index < -0.39 is 5.97 Å². The monoisotopic (exact) mass is 403 g/mol. The molecule has 3 aromatic rings. The number of allylic oxidation sites excluding steroid dienone is 1. The Morgan fingerprint density at radius 3 is 2.73 bits per heavy atom. The average molecular weight is 403 g/mol. The van der Waals surface area contributed by atoms with Gasteiger partial charge in [-0.2, -0.15) is 0 Å². The highest BCUT2D eigenvalue weighted by Crippen LogP contribution is 2.34. The predicted octanol–water partition coefficient (Wildman–Crippen LogP) is 4.31. The third-order valence-corrected chi connectivity index (χ3v) is 5.45. The first-order valence-electron chi connectivity index (χ1n) is 10.1. The van der Waals surface area contributed by atoms with E-state index in [1.807, 2.05) is 31.1 Å². The molecule has 0 fully saturated rings. The van der Waals surface area contributed by atoms with E-state index in [0.29, 0.717) is 47.4 Å². The lowest BCUT2D eigenvalue weighted by Gasteiger charge is -2.10. The highest BCUT2D eigenvalue weighted by molar-refractivity contribution is 5.95. The molecule has 1 aliphatic carbocycles. The summed E-state index contributed by atoms with van der Waals surface area (Å²) in [5, 5.41) is 0.424. The summed E-state index contributed by atoms with van der Waals surface area (Å²) in [6.07, 6.45) is 3.51. The summed E-state index contributed by atoms with van der Waals surface area (Å²) in [6.45, 7) is 3.01. The van der Waals surface area contributed by atoms with E-state index in [4.69, 9.17) is 9.15 Å². The molecule has 5 heteroatoms. The molecule has 0 bridgehead atoms. The molecule has 5 nitrogen and oxygen atoms in total. The van der Waals surface area contributed by atoms with Crippen LogP contribution >= 0.6 is 0 Å². The Balaban J connectivity index is 1.69. The van der Waals surface area contributed by atoms with Gasteiger partial charge < -0.3 is 14.1 Å². The van der Waals surface area contributed by atoms with E-state index in [9.17, 15) is 9.59 Å². The van der Waals surface area contributed by atoms with Gasteiger partial charge in [0.15, 0.2) is 5.43 Å². The first-order chi connectivity index (χ1) is 14.4. The Kier molecular flexibility index (Phi) is 5.55. The molecule has 0 atom stereocenters. The molecule has 0 saturated heterocycles. The van der Waals surface area contributed by atoms with Gasteiger partial charge in [0.25, 0.3) is 0 Å². The number of likely N-dealkylation sites (N-methyl/N-ethyl adjacent to an activating group) is 1. The summed E-state index contributed by atoms with van der Waals surface area (Å²) in [5.41, 5.74) is 4.80. The van der Waals surface area contributed by atoms with Gasteiger partial charge in [0.2, 0.25) is 0 Å². The van der Waals surface area contributed by atoms with Crippen LogP contribution in [0.15, 0.2) is 51.7 Å². The SMILES string of the molecule is Cc1ccccc1C=C1CCc2c1oc1ccc(C(=O)OCCN(C)C)cc1c2=O. The zero-order valence-electron chi connectivity index (χ0n) is 17.5. The van der Waals surface area contributed by atoms with Crippen LogP contribution in [0.2, 0.25) is 0 Å². The molecule has 0 saturated carbocycles. The number of esters is 1. The van der Waals surface area contributed by atoms with E-state index in [1.54, 1.807) is 18.2 Å². The van der Waals surface area contributed by atoms with Crippen molar-refractivity contribution in [2.45, 2.75) is 19.8 Å². The van der Waals surface area contributed by atoms with Crippen LogP contribution < -0.4 is 5.43 Å². The second-order valence-corrected chi connectivity index (χ2v) is 7.92. The van der Waals surface area contributed by atoms with Crippen molar-refractivity contribution in [2.24, 2.45) is 0 Å². The van der Waals surface area contributed by atoms with Gasteiger partial charge in [-0.05, 0) is 74.8 Å². The number of ether oxygens (including phenoxy) is 1. The summed E-state index contributed by atoms with van der Waals surface area (Å²) in [7, 11) is 3.83. The molecule has 2 aromatic carbocycles. The quantitative estimate of drug-likeness (QED) is 0.594. The third-order valence-electron chi connectivity index (χ3n) is 5.45. The summed E-state index contributed by atoms with van der Waals surface area (Å²) in [4.78, 5) is 27.4. The van der Waals surface area contributed by atoms with Crippen molar-refractivity contribution in [3.8, 4) is 0 Å². The largest absolute Gasteiger partial charge is 0.461 e. The van der Waals surface area contributed by atoms with Gasteiger partial charge in [-0.3, -0.25) is 4.79 Å². The van der Waals surface area contributed by atoms with E-state index in [1.165, 1.54) is 5.56 Å². The molecule has 0 radical (unpaired) electrons. The number of benzene rings is 2. The second kappa shape index (κ2) is 8.28. The Labute approximate surface area is 175 Å². The average Bonchev–Trinajstić information content (AvgIpc) is 3.12. The van der Waals surface area contributed by atoms with Gasteiger partial charge in [-0.15, -0.1) is 0 Å². The van der Waals surface area contributed by atoms with E-state index in [-0.39, 0.29) is 5.43 Å². The molecule has 0 unspecified atom stereocenters. The lowest BCUT2D eigenvalue weighted by molar-refractivity contribution is 0.0482. The second-order valence-electron chi connectivity index (χ2n) is 7.92. The number of fused-ring (bicyclic) bond motifs is 2. The fraction of sp³-hybridized carbons (Fsp3) is 0.280. The Bertz CT molecular complexity index is 1200. The lowest BCUT2D eigenvalue weighted by Crippen LogP contribution is -2.20. The maximum absolute atomic E-state index is 13.1. The lowest BCUT2D eigenvalue weighted by atomic mass is 10.0. The van der Waals surface area contributed by atoms with Crippen LogP contribution in [0.4, 0.5) is 0 Å². The van der Waals surface area contributed by atoms with Crippen LogP contribution in [0.3, 0.4) is 0 Å². The van der Waals surface area contributed by atoms with Crippen molar-refractivity contribution >= 4 is 28.6 Å². The third kappa shape index (κ3) is 3.94. The number of aryl methyl sites for hydroxylation is 1. The maximum Gasteiger partial charge on any atom is 0.338 e. The molecular formula is C25H25NO4. The molecule has 0 amide bonds. The number of carbonyl (C=O) groups is 1. The zero-order valence-corrected chi connectivity index (χ0v) is 17.5. The molecular weight excluding hydrogens is 378 g/mol. The van der Waals surface area contributed by atoms with Crippen molar-refractivity contribution in [2.75, 3.05) is 27.2 Å². The van der Waals surface area contributed by atoms with Crippen molar-refractivity contribution < 1.29 is 13.9 Å². The van der Waals surface area contributed by atoms with Crippen LogP contribution in [0, 0.1) is 6.92 Å². The standard InChI is InChI=1S/C25H25NO4/c1-16-6-4-5-7-17(16)14-18-8-10-20-23(27)21-15-19(9-11-22(21)30-24(18)20)25(28)29-13-12-26(2)3/h4-7,9,11,14-15H,8,10,12-13H2,1-3H3. The number of rotatable bonds is 5. The van der Waals surface area contributed by atoms with Crippen LogP contribution in [0.5, 0.6) is 0 Å².